The summed E-state index contributed by atoms with van der Waals surface area (Å²) in [7, 11) is 3.53. The first-order valence-electron chi connectivity index (χ1n) is 4.73. The van der Waals surface area contributed by atoms with E-state index >= 15 is 0 Å². The van der Waals surface area contributed by atoms with Gasteiger partial charge in [-0.1, -0.05) is 17.3 Å². The summed E-state index contributed by atoms with van der Waals surface area (Å²) in [5.41, 5.74) is 2.88. The summed E-state index contributed by atoms with van der Waals surface area (Å²) in [6.45, 7) is 1.99. The highest BCUT2D eigenvalue weighted by molar-refractivity contribution is 5.68. The summed E-state index contributed by atoms with van der Waals surface area (Å²) in [4.78, 5) is 0. The number of nitrogens with zero attached hydrogens (tertiary/aromatic N) is 3. The topological polar surface area (TPSA) is 39.9 Å². The average molecular weight is 203 g/mol. The van der Waals surface area contributed by atoms with Gasteiger partial charge < -0.3 is 4.74 Å². The Labute approximate surface area is 88.5 Å². The number of methoxy groups -OCH3 is 1. The maximum absolute atomic E-state index is 5.29. The van der Waals surface area contributed by atoms with E-state index in [4.69, 9.17) is 4.74 Å². The molecule has 0 bridgehead atoms. The molecular formula is C11H13N3O. The zero-order valence-electron chi connectivity index (χ0n) is 9.06. The molecule has 1 heterocycles. The summed E-state index contributed by atoms with van der Waals surface area (Å²) in [6, 6.07) is 7.80. The predicted molar refractivity (Wildman–Crippen MR) is 57.7 cm³/mol. The van der Waals surface area contributed by atoms with Crippen LogP contribution in [0.1, 0.15) is 5.69 Å². The van der Waals surface area contributed by atoms with Crippen LogP contribution in [0.15, 0.2) is 24.3 Å². The maximum Gasteiger partial charge on any atom is 0.128 e. The van der Waals surface area contributed by atoms with Gasteiger partial charge in [-0.3, -0.25) is 4.68 Å². The van der Waals surface area contributed by atoms with E-state index in [0.717, 1.165) is 22.7 Å². The van der Waals surface area contributed by atoms with Crippen molar-refractivity contribution in [3.8, 4) is 17.0 Å². The predicted octanol–water partition coefficient (Wildman–Crippen LogP) is 1.80. The molecule has 4 nitrogen and oxygen atoms in total. The molecule has 0 saturated carbocycles. The molecule has 0 radical (unpaired) electrons. The Hall–Kier alpha value is -1.84. The Balaban J connectivity index is 2.58. The van der Waals surface area contributed by atoms with Crippen LogP contribution < -0.4 is 4.74 Å². The summed E-state index contributed by atoms with van der Waals surface area (Å²) >= 11 is 0. The van der Waals surface area contributed by atoms with Crippen LogP contribution in [0.3, 0.4) is 0 Å². The van der Waals surface area contributed by atoms with E-state index in [1.54, 1.807) is 11.8 Å². The van der Waals surface area contributed by atoms with Crippen LogP contribution >= 0.6 is 0 Å². The Bertz CT molecular complexity index is 476. The van der Waals surface area contributed by atoms with Crippen LogP contribution in [0.25, 0.3) is 11.3 Å². The molecule has 0 atom stereocenters. The van der Waals surface area contributed by atoms with Crippen molar-refractivity contribution in [2.75, 3.05) is 7.11 Å². The van der Waals surface area contributed by atoms with E-state index in [2.05, 4.69) is 10.3 Å². The number of ether oxygens (including phenoxy) is 1. The molecule has 0 aliphatic carbocycles. The van der Waals surface area contributed by atoms with Gasteiger partial charge in [0.15, 0.2) is 0 Å². The third kappa shape index (κ3) is 1.58. The monoisotopic (exact) mass is 203 g/mol. The molecule has 0 unspecified atom stereocenters. The number of aryl methyl sites for hydroxylation is 1. The SMILES string of the molecule is COc1ccccc1-c1nnn(C)c1C. The lowest BCUT2D eigenvalue weighted by molar-refractivity contribution is 0.416. The molecule has 0 spiro atoms. The van der Waals surface area contributed by atoms with E-state index < -0.39 is 0 Å². The lowest BCUT2D eigenvalue weighted by Crippen LogP contribution is -1.93. The van der Waals surface area contributed by atoms with Gasteiger partial charge in [-0.2, -0.15) is 0 Å². The van der Waals surface area contributed by atoms with Crippen molar-refractivity contribution < 1.29 is 4.74 Å². The zero-order chi connectivity index (χ0) is 10.8. The quantitative estimate of drug-likeness (QED) is 0.747. The van der Waals surface area contributed by atoms with Gasteiger partial charge in [0.1, 0.15) is 11.4 Å². The van der Waals surface area contributed by atoms with Crippen LogP contribution in [0, 0.1) is 6.92 Å². The second-order valence-corrected chi connectivity index (χ2v) is 3.35. The maximum atomic E-state index is 5.29. The highest BCUT2D eigenvalue weighted by atomic mass is 16.5. The molecule has 0 aliphatic rings. The van der Waals surface area contributed by atoms with Gasteiger partial charge in [-0.25, -0.2) is 0 Å². The van der Waals surface area contributed by atoms with Crippen LogP contribution in [-0.2, 0) is 7.05 Å². The summed E-state index contributed by atoms with van der Waals surface area (Å²) in [5.74, 6) is 0.820. The van der Waals surface area contributed by atoms with Gasteiger partial charge in [0, 0.05) is 12.6 Å². The highest BCUT2D eigenvalue weighted by Crippen LogP contribution is 2.29. The van der Waals surface area contributed by atoms with Crippen molar-refractivity contribution in [3.05, 3.63) is 30.0 Å². The zero-order valence-corrected chi connectivity index (χ0v) is 9.06. The van der Waals surface area contributed by atoms with Gasteiger partial charge in [0.25, 0.3) is 0 Å². The standard InChI is InChI=1S/C11H13N3O/c1-8-11(12-13-14(8)2)9-6-4-5-7-10(9)15-3/h4-7H,1-3H3. The fraction of sp³-hybridized carbons (Fsp3) is 0.273. The molecule has 1 aromatic heterocycles. The number of benzene rings is 1. The van der Waals surface area contributed by atoms with Gasteiger partial charge >= 0.3 is 0 Å². The third-order valence-corrected chi connectivity index (χ3v) is 2.47. The van der Waals surface area contributed by atoms with Crippen molar-refractivity contribution in [2.24, 2.45) is 7.05 Å². The van der Waals surface area contributed by atoms with E-state index in [1.807, 2.05) is 38.2 Å². The molecule has 15 heavy (non-hydrogen) atoms. The largest absolute Gasteiger partial charge is 0.496 e. The van der Waals surface area contributed by atoms with E-state index in [9.17, 15) is 0 Å². The smallest absolute Gasteiger partial charge is 0.128 e. The van der Waals surface area contributed by atoms with Gasteiger partial charge in [0.05, 0.1) is 12.8 Å². The van der Waals surface area contributed by atoms with E-state index in [1.165, 1.54) is 0 Å². The van der Waals surface area contributed by atoms with Crippen molar-refractivity contribution in [3.63, 3.8) is 0 Å². The molecule has 4 heteroatoms. The lowest BCUT2D eigenvalue weighted by atomic mass is 10.1. The Morgan fingerprint density at radius 3 is 2.60 bits per heavy atom. The second kappa shape index (κ2) is 3.73. The fourth-order valence-corrected chi connectivity index (χ4v) is 1.49. The van der Waals surface area contributed by atoms with Gasteiger partial charge in [0.2, 0.25) is 0 Å². The van der Waals surface area contributed by atoms with Crippen molar-refractivity contribution >= 4 is 0 Å². The highest BCUT2D eigenvalue weighted by Gasteiger charge is 2.12. The average Bonchev–Trinajstić information content (AvgIpc) is 2.60. The molecule has 2 aromatic rings. The normalized spacial score (nSPS) is 10.3. The van der Waals surface area contributed by atoms with E-state index in [-0.39, 0.29) is 0 Å². The van der Waals surface area contributed by atoms with Gasteiger partial charge in [-0.05, 0) is 19.1 Å². The number of aromatic nitrogens is 3. The minimum Gasteiger partial charge on any atom is -0.496 e. The van der Waals surface area contributed by atoms with Crippen molar-refractivity contribution in [2.45, 2.75) is 6.92 Å². The number of para-hydroxylation sites is 1. The summed E-state index contributed by atoms with van der Waals surface area (Å²) in [6.07, 6.45) is 0. The lowest BCUT2D eigenvalue weighted by Gasteiger charge is -2.05. The van der Waals surface area contributed by atoms with E-state index in [0.29, 0.717) is 0 Å². The van der Waals surface area contributed by atoms with Crippen molar-refractivity contribution in [1.82, 2.24) is 15.0 Å². The summed E-state index contributed by atoms with van der Waals surface area (Å²) in [5, 5.41) is 8.11. The summed E-state index contributed by atoms with van der Waals surface area (Å²) < 4.78 is 7.04. The van der Waals surface area contributed by atoms with Crippen LogP contribution in [0.2, 0.25) is 0 Å². The first-order valence-corrected chi connectivity index (χ1v) is 4.73. The second-order valence-electron chi connectivity index (χ2n) is 3.35. The Kier molecular flexibility index (Phi) is 2.41. The third-order valence-electron chi connectivity index (χ3n) is 2.47. The molecule has 78 valence electrons. The Morgan fingerprint density at radius 1 is 1.27 bits per heavy atom. The molecule has 1 aromatic carbocycles. The number of hydrogen-bond acceptors (Lipinski definition) is 3. The molecule has 0 aliphatic heterocycles. The van der Waals surface area contributed by atoms with Gasteiger partial charge in [-0.15, -0.1) is 5.10 Å². The van der Waals surface area contributed by atoms with Crippen molar-refractivity contribution in [1.29, 1.82) is 0 Å². The molecule has 0 fully saturated rings. The first kappa shape index (κ1) is 9.71. The molecule has 0 amide bonds. The first-order chi connectivity index (χ1) is 7.24. The Morgan fingerprint density at radius 2 is 2.00 bits per heavy atom. The molecule has 0 N–H and O–H groups in total. The number of rotatable bonds is 2. The fourth-order valence-electron chi connectivity index (χ4n) is 1.49. The molecular weight excluding hydrogens is 190 g/mol. The molecule has 0 saturated heterocycles. The molecule has 2 rings (SSSR count). The number of hydrogen-bond donors (Lipinski definition) is 0. The van der Waals surface area contributed by atoms with Crippen LogP contribution in [0.4, 0.5) is 0 Å². The van der Waals surface area contributed by atoms with Crippen LogP contribution in [-0.4, -0.2) is 22.1 Å². The minimum absolute atomic E-state index is 0.820. The minimum atomic E-state index is 0.820. The van der Waals surface area contributed by atoms with Crippen LogP contribution in [0.5, 0.6) is 5.75 Å².